The van der Waals surface area contributed by atoms with Crippen molar-refractivity contribution in [2.24, 2.45) is 0 Å². The summed E-state index contributed by atoms with van der Waals surface area (Å²) in [5, 5.41) is 11.1. The average molecular weight is 368 g/mol. The van der Waals surface area contributed by atoms with E-state index >= 15 is 0 Å². The van der Waals surface area contributed by atoms with Crippen LogP contribution in [0.4, 0.5) is 5.69 Å². The van der Waals surface area contributed by atoms with Gasteiger partial charge in [-0.15, -0.1) is 10.2 Å². The maximum absolute atomic E-state index is 12.4. The van der Waals surface area contributed by atoms with E-state index in [4.69, 9.17) is 0 Å². The molecule has 1 aromatic heterocycles. The number of hydrogen-bond donors (Lipinski definition) is 1. The second kappa shape index (κ2) is 8.70. The van der Waals surface area contributed by atoms with Crippen molar-refractivity contribution in [3.8, 4) is 0 Å². The number of hydrogen-bond acceptors (Lipinski definition) is 6. The Labute approximate surface area is 149 Å². The van der Waals surface area contributed by atoms with E-state index in [2.05, 4.69) is 22.4 Å². The predicted molar refractivity (Wildman–Crippen MR) is 101 cm³/mol. The summed E-state index contributed by atoms with van der Waals surface area (Å²) in [5.41, 5.74) is 3.07. The van der Waals surface area contributed by atoms with Crippen LogP contribution in [0, 0.1) is 13.8 Å². The molecule has 0 fully saturated rings. The van der Waals surface area contributed by atoms with Gasteiger partial charge in [-0.25, -0.2) is 0 Å². The van der Waals surface area contributed by atoms with Gasteiger partial charge in [0.05, 0.1) is 5.25 Å². The van der Waals surface area contributed by atoms with E-state index in [-0.39, 0.29) is 11.2 Å². The van der Waals surface area contributed by atoms with Gasteiger partial charge in [0.25, 0.3) is 0 Å². The first-order valence-corrected chi connectivity index (χ1v) is 10.2. The maximum Gasteiger partial charge on any atom is 0.237 e. The minimum absolute atomic E-state index is 0.0124. The molecule has 1 amide bonds. The lowest BCUT2D eigenvalue weighted by molar-refractivity contribution is -0.115. The highest BCUT2D eigenvalue weighted by Crippen LogP contribution is 2.32. The topological polar surface area (TPSA) is 54.9 Å². The van der Waals surface area contributed by atoms with E-state index < -0.39 is 0 Å². The molecule has 0 bridgehead atoms. The number of anilines is 1. The molecule has 0 spiro atoms. The third-order valence-electron chi connectivity index (χ3n) is 3.12. The number of nitrogens with zero attached hydrogens (tertiary/aromatic N) is 2. The van der Waals surface area contributed by atoms with Crippen LogP contribution in [0.2, 0.25) is 0 Å². The molecule has 23 heavy (non-hydrogen) atoms. The molecule has 0 saturated heterocycles. The van der Waals surface area contributed by atoms with E-state index in [9.17, 15) is 4.79 Å². The third-order valence-corrected chi connectivity index (χ3v) is 6.56. The van der Waals surface area contributed by atoms with Gasteiger partial charge in [-0.05, 0) is 44.4 Å². The quantitative estimate of drug-likeness (QED) is 0.714. The van der Waals surface area contributed by atoms with E-state index in [1.54, 1.807) is 23.1 Å². The summed E-state index contributed by atoms with van der Waals surface area (Å²) in [4.78, 5) is 12.4. The van der Waals surface area contributed by atoms with Gasteiger partial charge < -0.3 is 5.32 Å². The minimum atomic E-state index is -0.216. The zero-order valence-electron chi connectivity index (χ0n) is 13.8. The Bertz CT molecular complexity index is 672. The lowest BCUT2D eigenvalue weighted by Gasteiger charge is -2.12. The smallest absolute Gasteiger partial charge is 0.237 e. The van der Waals surface area contributed by atoms with Crippen molar-refractivity contribution in [2.75, 3.05) is 11.1 Å². The standard InChI is InChI=1S/C16H21N3OS3/c1-5-8-21-15-18-19-16(23-15)22-12(4)14(20)17-13-9-10(2)6-7-11(13)3/h6-7,9,12H,5,8H2,1-4H3,(H,17,20)/t12-/m1/s1. The zero-order valence-corrected chi connectivity index (χ0v) is 16.2. The largest absolute Gasteiger partial charge is 0.325 e. The van der Waals surface area contributed by atoms with Crippen LogP contribution < -0.4 is 5.32 Å². The summed E-state index contributed by atoms with van der Waals surface area (Å²) in [5.74, 6) is 1.03. The lowest BCUT2D eigenvalue weighted by atomic mass is 10.1. The van der Waals surface area contributed by atoms with Crippen LogP contribution in [-0.2, 0) is 4.79 Å². The molecule has 124 valence electrons. The Morgan fingerprint density at radius 3 is 2.78 bits per heavy atom. The van der Waals surface area contributed by atoms with E-state index in [1.807, 2.05) is 39.0 Å². The number of rotatable bonds is 7. The molecule has 1 N–H and O–H groups in total. The molecular weight excluding hydrogens is 346 g/mol. The fourth-order valence-electron chi connectivity index (χ4n) is 1.80. The average Bonchev–Trinajstić information content (AvgIpc) is 2.96. The fourth-order valence-corrected chi connectivity index (χ4v) is 4.89. The van der Waals surface area contributed by atoms with Crippen molar-refractivity contribution in [1.29, 1.82) is 0 Å². The molecule has 0 saturated carbocycles. The number of benzene rings is 1. The summed E-state index contributed by atoms with van der Waals surface area (Å²) in [7, 11) is 0. The van der Waals surface area contributed by atoms with Crippen molar-refractivity contribution >= 4 is 46.5 Å². The van der Waals surface area contributed by atoms with Gasteiger partial charge in [0.2, 0.25) is 5.91 Å². The second-order valence-corrected chi connectivity index (χ2v) is 9.16. The summed E-state index contributed by atoms with van der Waals surface area (Å²) >= 11 is 4.72. The van der Waals surface area contributed by atoms with E-state index in [0.29, 0.717) is 0 Å². The van der Waals surface area contributed by atoms with Crippen LogP contribution in [0.15, 0.2) is 26.9 Å². The molecule has 1 atom stereocenters. The van der Waals surface area contributed by atoms with Gasteiger partial charge in [0.1, 0.15) is 0 Å². The summed E-state index contributed by atoms with van der Waals surface area (Å²) in [6.45, 7) is 8.05. The van der Waals surface area contributed by atoms with Crippen LogP contribution in [-0.4, -0.2) is 27.1 Å². The molecule has 4 nitrogen and oxygen atoms in total. The Morgan fingerprint density at radius 2 is 2.04 bits per heavy atom. The number of nitrogens with one attached hydrogen (secondary N) is 1. The van der Waals surface area contributed by atoms with Gasteiger partial charge in [-0.3, -0.25) is 4.79 Å². The van der Waals surface area contributed by atoms with E-state index in [0.717, 1.165) is 37.7 Å². The number of carbonyl (C=O) groups is 1. The van der Waals surface area contributed by atoms with Crippen molar-refractivity contribution in [1.82, 2.24) is 10.2 Å². The first-order valence-electron chi connectivity index (χ1n) is 7.50. The van der Waals surface area contributed by atoms with Gasteiger partial charge in [-0.2, -0.15) is 0 Å². The maximum atomic E-state index is 12.4. The van der Waals surface area contributed by atoms with Crippen molar-refractivity contribution in [3.05, 3.63) is 29.3 Å². The van der Waals surface area contributed by atoms with Gasteiger partial charge in [0, 0.05) is 11.4 Å². The molecule has 1 heterocycles. The Hall–Kier alpha value is -1.05. The first kappa shape index (κ1) is 18.3. The fraction of sp³-hybridized carbons (Fsp3) is 0.438. The number of amides is 1. The molecule has 0 aliphatic carbocycles. The Kier molecular flexibility index (Phi) is 6.92. The van der Waals surface area contributed by atoms with Crippen LogP contribution in [0.3, 0.4) is 0 Å². The van der Waals surface area contributed by atoms with Crippen LogP contribution in [0.5, 0.6) is 0 Å². The minimum Gasteiger partial charge on any atom is -0.325 e. The third kappa shape index (κ3) is 5.51. The Morgan fingerprint density at radius 1 is 1.30 bits per heavy atom. The number of carbonyl (C=O) groups excluding carboxylic acids is 1. The van der Waals surface area contributed by atoms with Crippen LogP contribution >= 0.6 is 34.9 Å². The highest BCUT2D eigenvalue weighted by Gasteiger charge is 2.18. The number of aryl methyl sites for hydroxylation is 2. The van der Waals surface area contributed by atoms with Crippen LogP contribution in [0.1, 0.15) is 31.4 Å². The lowest BCUT2D eigenvalue weighted by Crippen LogP contribution is -2.22. The van der Waals surface area contributed by atoms with Crippen LogP contribution in [0.25, 0.3) is 0 Å². The molecule has 7 heteroatoms. The van der Waals surface area contributed by atoms with Gasteiger partial charge in [-0.1, -0.05) is 53.9 Å². The van der Waals surface area contributed by atoms with Gasteiger partial charge >= 0.3 is 0 Å². The number of thioether (sulfide) groups is 2. The molecule has 2 aromatic rings. The molecular formula is C16H21N3OS3. The van der Waals surface area contributed by atoms with Crippen molar-refractivity contribution in [2.45, 2.75) is 48.0 Å². The molecule has 2 rings (SSSR count). The summed E-state index contributed by atoms with van der Waals surface area (Å²) in [6, 6.07) is 6.06. The van der Waals surface area contributed by atoms with E-state index in [1.165, 1.54) is 11.8 Å². The van der Waals surface area contributed by atoms with Crippen molar-refractivity contribution < 1.29 is 4.79 Å². The normalized spacial score (nSPS) is 12.2. The summed E-state index contributed by atoms with van der Waals surface area (Å²) < 4.78 is 1.81. The summed E-state index contributed by atoms with van der Waals surface area (Å²) in [6.07, 6.45) is 1.11. The SMILES string of the molecule is CCCSc1nnc(S[C@H](C)C(=O)Nc2cc(C)ccc2C)s1. The molecule has 0 radical (unpaired) electrons. The zero-order chi connectivity index (χ0) is 16.8. The molecule has 1 aromatic carbocycles. The number of aromatic nitrogens is 2. The Balaban J connectivity index is 1.94. The highest BCUT2D eigenvalue weighted by atomic mass is 32.2. The molecule has 0 unspecified atom stereocenters. The monoisotopic (exact) mass is 367 g/mol. The van der Waals surface area contributed by atoms with Gasteiger partial charge in [0.15, 0.2) is 8.68 Å². The predicted octanol–water partition coefficient (Wildman–Crippen LogP) is 4.78. The molecule has 0 aliphatic rings. The van der Waals surface area contributed by atoms with Crippen molar-refractivity contribution in [3.63, 3.8) is 0 Å². The second-order valence-electron chi connectivity index (χ2n) is 5.25. The molecule has 0 aliphatic heterocycles. The first-order chi connectivity index (χ1) is 11.0. The highest BCUT2D eigenvalue weighted by molar-refractivity contribution is 8.03.